The molecule has 0 aromatic carbocycles. The van der Waals surface area contributed by atoms with Gasteiger partial charge in [-0.1, -0.05) is 13.0 Å². The Labute approximate surface area is 106 Å². The molecule has 0 saturated heterocycles. The average Bonchev–Trinajstić information content (AvgIpc) is 2.78. The molecule has 0 unspecified atom stereocenters. The molecule has 0 aliphatic rings. The molecule has 0 aliphatic heterocycles. The van der Waals surface area contributed by atoms with Gasteiger partial charge in [0.25, 0.3) is 0 Å². The minimum absolute atomic E-state index is 0.0969. The number of rotatable bonds is 7. The van der Waals surface area contributed by atoms with Crippen LogP contribution < -0.4 is 5.32 Å². The highest BCUT2D eigenvalue weighted by Crippen LogP contribution is 2.15. The van der Waals surface area contributed by atoms with Crippen molar-refractivity contribution in [3.8, 4) is 0 Å². The van der Waals surface area contributed by atoms with E-state index in [1.54, 1.807) is 11.3 Å². The molecule has 86 valence electrons. The molecule has 0 bridgehead atoms. The third kappa shape index (κ3) is 3.95. The summed E-state index contributed by atoms with van der Waals surface area (Å²) < 4.78 is 0. The van der Waals surface area contributed by atoms with E-state index in [9.17, 15) is 0 Å². The highest BCUT2D eigenvalue weighted by Gasteiger charge is 2.24. The van der Waals surface area contributed by atoms with E-state index in [0.29, 0.717) is 11.8 Å². The third-order valence-corrected chi connectivity index (χ3v) is 4.60. The Morgan fingerprint density at radius 1 is 1.40 bits per heavy atom. The normalized spacial score (nSPS) is 11.9. The molecule has 1 rings (SSSR count). The van der Waals surface area contributed by atoms with Gasteiger partial charge in [-0.05, 0) is 24.3 Å². The van der Waals surface area contributed by atoms with Crippen molar-refractivity contribution in [1.29, 1.82) is 0 Å². The molecule has 1 nitrogen and oxygen atoms in total. The first-order chi connectivity index (χ1) is 7.26. The first-order valence-electron chi connectivity index (χ1n) is 5.15. The average molecular weight is 266 g/mol. The molecule has 4 heteroatoms. The maximum atomic E-state index is 5.94. The highest BCUT2D eigenvalue weighted by atomic mass is 35.5. The lowest BCUT2D eigenvalue weighted by Gasteiger charge is -2.29. The number of nitrogens with one attached hydrogen (secondary N) is 1. The van der Waals surface area contributed by atoms with Gasteiger partial charge in [0, 0.05) is 28.7 Å². The lowest BCUT2D eigenvalue weighted by molar-refractivity contribution is 0.390. The van der Waals surface area contributed by atoms with E-state index >= 15 is 0 Å². The molecule has 0 spiro atoms. The molecule has 0 aliphatic carbocycles. The topological polar surface area (TPSA) is 12.0 Å². The molecule has 1 aromatic heterocycles. The summed E-state index contributed by atoms with van der Waals surface area (Å²) in [5.74, 6) is 1.13. The minimum atomic E-state index is -0.0969. The summed E-state index contributed by atoms with van der Waals surface area (Å²) in [5.41, 5.74) is -0.0969. The molecule has 0 saturated carbocycles. The summed E-state index contributed by atoms with van der Waals surface area (Å²) in [5, 5.41) is 5.57. The van der Waals surface area contributed by atoms with Crippen molar-refractivity contribution >= 4 is 34.5 Å². The zero-order chi connectivity index (χ0) is 11.1. The number of hydrogen-bond acceptors (Lipinski definition) is 2. The van der Waals surface area contributed by atoms with Crippen molar-refractivity contribution in [2.75, 3.05) is 18.3 Å². The van der Waals surface area contributed by atoms with Crippen LogP contribution in [0.5, 0.6) is 0 Å². The van der Waals surface area contributed by atoms with Crippen LogP contribution in [0.25, 0.3) is 0 Å². The fraction of sp³-hybridized carbons (Fsp3) is 0.636. The van der Waals surface area contributed by atoms with Gasteiger partial charge >= 0.3 is 0 Å². The Morgan fingerprint density at radius 2 is 2.13 bits per heavy atom. The van der Waals surface area contributed by atoms with Gasteiger partial charge in [-0.15, -0.1) is 34.5 Å². The van der Waals surface area contributed by atoms with Crippen LogP contribution in [0.2, 0.25) is 0 Å². The van der Waals surface area contributed by atoms with Gasteiger partial charge in [-0.25, -0.2) is 0 Å². The Kier molecular flexibility index (Phi) is 5.98. The summed E-state index contributed by atoms with van der Waals surface area (Å²) >= 11 is 13.7. The van der Waals surface area contributed by atoms with E-state index in [-0.39, 0.29) is 5.54 Å². The van der Waals surface area contributed by atoms with E-state index in [1.807, 2.05) is 0 Å². The van der Waals surface area contributed by atoms with E-state index in [2.05, 4.69) is 29.8 Å². The second-order valence-electron chi connectivity index (χ2n) is 3.66. The molecule has 1 heterocycles. The van der Waals surface area contributed by atoms with Crippen LogP contribution >= 0.6 is 34.5 Å². The SMILES string of the molecule is CCC(CCl)(CCl)NCCc1cccs1. The number of hydrogen-bond donors (Lipinski definition) is 1. The molecule has 15 heavy (non-hydrogen) atoms. The van der Waals surface area contributed by atoms with Crippen molar-refractivity contribution in [1.82, 2.24) is 5.32 Å². The number of thiophene rings is 1. The second-order valence-corrected chi connectivity index (χ2v) is 5.22. The monoisotopic (exact) mass is 265 g/mol. The van der Waals surface area contributed by atoms with Gasteiger partial charge < -0.3 is 5.32 Å². The summed E-state index contributed by atoms with van der Waals surface area (Å²) in [6.45, 7) is 3.05. The first kappa shape index (κ1) is 13.3. The predicted molar refractivity (Wildman–Crippen MR) is 70.5 cm³/mol. The van der Waals surface area contributed by atoms with Gasteiger partial charge in [0.2, 0.25) is 0 Å². The molecular formula is C11H17Cl2NS. The van der Waals surface area contributed by atoms with E-state index in [1.165, 1.54) is 4.88 Å². The molecule has 0 fully saturated rings. The Balaban J connectivity index is 2.34. The molecule has 1 N–H and O–H groups in total. The molecular weight excluding hydrogens is 249 g/mol. The third-order valence-electron chi connectivity index (χ3n) is 2.64. The highest BCUT2D eigenvalue weighted by molar-refractivity contribution is 7.09. The lowest BCUT2D eigenvalue weighted by Crippen LogP contribution is -2.49. The van der Waals surface area contributed by atoms with Crippen LogP contribution in [-0.4, -0.2) is 23.8 Å². The number of alkyl halides is 2. The van der Waals surface area contributed by atoms with E-state index < -0.39 is 0 Å². The van der Waals surface area contributed by atoms with Crippen LogP contribution in [0.1, 0.15) is 18.2 Å². The maximum Gasteiger partial charge on any atom is 0.0451 e. The minimum Gasteiger partial charge on any atom is -0.309 e. The van der Waals surface area contributed by atoms with E-state index in [4.69, 9.17) is 23.2 Å². The van der Waals surface area contributed by atoms with Crippen molar-refractivity contribution in [3.63, 3.8) is 0 Å². The van der Waals surface area contributed by atoms with Gasteiger partial charge in [0.15, 0.2) is 0 Å². The molecule has 0 amide bonds. The van der Waals surface area contributed by atoms with Crippen LogP contribution in [0.15, 0.2) is 17.5 Å². The van der Waals surface area contributed by atoms with Crippen molar-refractivity contribution < 1.29 is 0 Å². The quantitative estimate of drug-likeness (QED) is 0.745. The van der Waals surface area contributed by atoms with Gasteiger partial charge in [0.1, 0.15) is 0 Å². The summed E-state index contributed by atoms with van der Waals surface area (Å²) in [4.78, 5) is 1.40. The molecule has 0 radical (unpaired) electrons. The second kappa shape index (κ2) is 6.74. The standard InChI is InChI=1S/C11H17Cl2NS/c1-2-11(8-12,9-13)14-6-5-10-4-3-7-15-10/h3-4,7,14H,2,5-6,8-9H2,1H3. The van der Waals surface area contributed by atoms with Crippen LogP contribution in [-0.2, 0) is 6.42 Å². The molecule has 0 atom stereocenters. The van der Waals surface area contributed by atoms with Crippen molar-refractivity contribution in [2.45, 2.75) is 25.3 Å². The maximum absolute atomic E-state index is 5.94. The van der Waals surface area contributed by atoms with Gasteiger partial charge in [0.05, 0.1) is 0 Å². The largest absolute Gasteiger partial charge is 0.309 e. The predicted octanol–water partition coefficient (Wildman–Crippen LogP) is 3.51. The fourth-order valence-corrected chi connectivity index (χ4v) is 2.91. The first-order valence-corrected chi connectivity index (χ1v) is 7.10. The summed E-state index contributed by atoms with van der Waals surface area (Å²) in [6.07, 6.45) is 2.01. The van der Waals surface area contributed by atoms with E-state index in [0.717, 1.165) is 19.4 Å². The van der Waals surface area contributed by atoms with Gasteiger partial charge in [-0.2, -0.15) is 0 Å². The summed E-state index contributed by atoms with van der Waals surface area (Å²) in [6, 6.07) is 4.23. The van der Waals surface area contributed by atoms with Crippen LogP contribution in [0.3, 0.4) is 0 Å². The van der Waals surface area contributed by atoms with Gasteiger partial charge in [-0.3, -0.25) is 0 Å². The van der Waals surface area contributed by atoms with Crippen LogP contribution in [0.4, 0.5) is 0 Å². The Morgan fingerprint density at radius 3 is 2.60 bits per heavy atom. The Hall–Kier alpha value is 0.240. The number of halogens is 2. The van der Waals surface area contributed by atoms with Crippen molar-refractivity contribution in [3.05, 3.63) is 22.4 Å². The zero-order valence-electron chi connectivity index (χ0n) is 8.93. The Bertz CT molecular complexity index is 249. The lowest BCUT2D eigenvalue weighted by atomic mass is 10.0. The molecule has 1 aromatic rings. The summed E-state index contributed by atoms with van der Waals surface area (Å²) in [7, 11) is 0. The smallest absolute Gasteiger partial charge is 0.0451 e. The van der Waals surface area contributed by atoms with Crippen LogP contribution in [0, 0.1) is 0 Å². The van der Waals surface area contributed by atoms with Crippen molar-refractivity contribution in [2.24, 2.45) is 0 Å². The fourth-order valence-electron chi connectivity index (χ4n) is 1.35. The zero-order valence-corrected chi connectivity index (χ0v) is 11.3.